The van der Waals surface area contributed by atoms with Crippen LogP contribution in [0.1, 0.15) is 34.5 Å². The molecule has 0 radical (unpaired) electrons. The lowest BCUT2D eigenvalue weighted by Crippen LogP contribution is -2.44. The van der Waals surface area contributed by atoms with Gasteiger partial charge in [-0.3, -0.25) is 14.6 Å². The highest BCUT2D eigenvalue weighted by atomic mass is 16.5. The van der Waals surface area contributed by atoms with Crippen LogP contribution < -0.4 is 15.0 Å². The molecule has 3 aliphatic rings. The third-order valence-electron chi connectivity index (χ3n) is 7.03. The predicted molar refractivity (Wildman–Crippen MR) is 137 cm³/mol. The summed E-state index contributed by atoms with van der Waals surface area (Å²) in [7, 11) is 0. The van der Waals surface area contributed by atoms with Crippen molar-refractivity contribution in [2.45, 2.75) is 38.0 Å². The third kappa shape index (κ3) is 5.27. The molecule has 2 aromatic carbocycles. The molecular weight excluding hydrogens is 470 g/mol. The van der Waals surface area contributed by atoms with Crippen molar-refractivity contribution in [2.75, 3.05) is 31.1 Å². The molecular formula is C28H29N5O4. The molecule has 0 saturated carbocycles. The number of carbonyl (C=O) groups is 2. The number of ether oxygens (including phenoxy) is 2. The second-order valence-corrected chi connectivity index (χ2v) is 9.76. The van der Waals surface area contributed by atoms with Gasteiger partial charge < -0.3 is 24.6 Å². The van der Waals surface area contributed by atoms with E-state index in [1.54, 1.807) is 6.20 Å². The molecule has 2 atom stereocenters. The predicted octanol–water partition coefficient (Wildman–Crippen LogP) is 2.95. The molecule has 0 aliphatic carbocycles. The Balaban J connectivity index is 1.24. The summed E-state index contributed by atoms with van der Waals surface area (Å²) in [4.78, 5) is 38.7. The summed E-state index contributed by atoms with van der Waals surface area (Å²) in [6.07, 6.45) is 5.20. The van der Waals surface area contributed by atoms with Crippen molar-refractivity contribution in [1.29, 1.82) is 0 Å². The Morgan fingerprint density at radius 2 is 1.73 bits per heavy atom. The van der Waals surface area contributed by atoms with Crippen LogP contribution in [0.25, 0.3) is 0 Å². The summed E-state index contributed by atoms with van der Waals surface area (Å²) in [6, 6.07) is 15.2. The average molecular weight is 500 g/mol. The van der Waals surface area contributed by atoms with Crippen LogP contribution in [0.2, 0.25) is 0 Å². The molecule has 9 nitrogen and oxygen atoms in total. The second-order valence-electron chi connectivity index (χ2n) is 9.76. The summed E-state index contributed by atoms with van der Waals surface area (Å²) in [6.45, 7) is 2.92. The molecule has 0 unspecified atom stereocenters. The molecule has 3 aromatic rings. The molecule has 190 valence electrons. The molecule has 0 spiro atoms. The minimum atomic E-state index is -0.262. The number of likely N-dealkylation sites (tertiary alicyclic amines) is 1. The number of nitrogens with zero attached hydrogens (tertiary/aromatic N) is 4. The van der Waals surface area contributed by atoms with Crippen molar-refractivity contribution < 1.29 is 19.1 Å². The minimum absolute atomic E-state index is 0.0847. The molecule has 37 heavy (non-hydrogen) atoms. The maximum Gasteiger partial charge on any atom is 0.274 e. The maximum atomic E-state index is 13.0. The fourth-order valence-electron chi connectivity index (χ4n) is 5.16. The van der Waals surface area contributed by atoms with Gasteiger partial charge >= 0.3 is 0 Å². The van der Waals surface area contributed by atoms with Crippen LogP contribution in [0.4, 0.5) is 5.82 Å². The van der Waals surface area contributed by atoms with E-state index in [-0.39, 0.29) is 30.4 Å². The number of aromatic nitrogens is 2. The summed E-state index contributed by atoms with van der Waals surface area (Å²) >= 11 is 0. The molecule has 6 rings (SSSR count). The van der Waals surface area contributed by atoms with Crippen LogP contribution in [0.5, 0.6) is 11.5 Å². The first-order valence-corrected chi connectivity index (χ1v) is 12.7. The highest BCUT2D eigenvalue weighted by Gasteiger charge is 2.36. The average Bonchev–Trinajstić information content (AvgIpc) is 3.58. The lowest BCUT2D eigenvalue weighted by molar-refractivity contribution is -0.122. The molecule has 1 aromatic heterocycles. The van der Waals surface area contributed by atoms with Crippen LogP contribution in [-0.2, 0) is 22.6 Å². The Kier molecular flexibility index (Phi) is 6.44. The van der Waals surface area contributed by atoms with Crippen molar-refractivity contribution in [3.8, 4) is 11.5 Å². The van der Waals surface area contributed by atoms with Gasteiger partial charge in [-0.1, -0.05) is 24.3 Å². The van der Waals surface area contributed by atoms with E-state index in [0.29, 0.717) is 37.0 Å². The standard InChI is InChI=1S/C28H29N5O4/c34-27-13-19-5-3-7-21(11-19)37-22-8-4-6-20(12-22)18-36-25-17-33(16-24(25)31-27)26-15-29-14-23(30-26)28(35)32-9-1-2-10-32/h3-8,11-12,14-15,24-25H,1-2,9-10,13,16-18H2,(H,31,34)/t24-,25-/m0/s1. The van der Waals surface area contributed by atoms with Crippen molar-refractivity contribution in [3.63, 3.8) is 0 Å². The number of hydrogen-bond donors (Lipinski definition) is 1. The van der Waals surface area contributed by atoms with Gasteiger partial charge in [0.05, 0.1) is 37.6 Å². The number of benzene rings is 2. The van der Waals surface area contributed by atoms with E-state index in [1.165, 1.54) is 6.20 Å². The number of hydrogen-bond acceptors (Lipinski definition) is 7. The van der Waals surface area contributed by atoms with Crippen LogP contribution in [0.3, 0.4) is 0 Å². The fraction of sp³-hybridized carbons (Fsp3) is 0.357. The van der Waals surface area contributed by atoms with Gasteiger partial charge in [-0.15, -0.1) is 0 Å². The summed E-state index contributed by atoms with van der Waals surface area (Å²) in [5, 5.41) is 3.16. The van der Waals surface area contributed by atoms with Crippen LogP contribution in [-0.4, -0.2) is 65.0 Å². The van der Waals surface area contributed by atoms with Crippen molar-refractivity contribution in [3.05, 3.63) is 77.7 Å². The zero-order chi connectivity index (χ0) is 25.2. The number of carbonyl (C=O) groups excluding carboxylic acids is 2. The topological polar surface area (TPSA) is 96.9 Å². The Labute approximate surface area is 215 Å². The highest BCUT2D eigenvalue weighted by molar-refractivity contribution is 5.92. The normalized spacial score (nSPS) is 21.6. The van der Waals surface area contributed by atoms with Crippen LogP contribution in [0, 0.1) is 0 Å². The molecule has 3 aliphatic heterocycles. The maximum absolute atomic E-state index is 13.0. The quantitative estimate of drug-likeness (QED) is 0.579. The molecule has 4 bridgehead atoms. The van der Waals surface area contributed by atoms with Gasteiger partial charge in [-0.05, 0) is 48.2 Å². The van der Waals surface area contributed by atoms with Crippen molar-refractivity contribution in [1.82, 2.24) is 20.2 Å². The van der Waals surface area contributed by atoms with Gasteiger partial charge in [0.1, 0.15) is 23.0 Å². The van der Waals surface area contributed by atoms with E-state index in [4.69, 9.17) is 9.47 Å². The minimum Gasteiger partial charge on any atom is -0.457 e. The Hall–Kier alpha value is -3.98. The van der Waals surface area contributed by atoms with Gasteiger partial charge in [-0.2, -0.15) is 0 Å². The number of nitrogens with one attached hydrogen (secondary N) is 1. The lowest BCUT2D eigenvalue weighted by atomic mass is 10.1. The number of fused-ring (bicyclic) bond motifs is 5. The first-order chi connectivity index (χ1) is 18.1. The Morgan fingerprint density at radius 3 is 2.54 bits per heavy atom. The zero-order valence-corrected chi connectivity index (χ0v) is 20.5. The first kappa shape index (κ1) is 23.4. The molecule has 2 fully saturated rings. The molecule has 1 N–H and O–H groups in total. The Morgan fingerprint density at radius 1 is 0.973 bits per heavy atom. The summed E-state index contributed by atoms with van der Waals surface area (Å²) in [5.74, 6) is 1.85. The van der Waals surface area contributed by atoms with Gasteiger partial charge in [0.2, 0.25) is 5.91 Å². The van der Waals surface area contributed by atoms with E-state index in [2.05, 4.69) is 15.3 Å². The Bertz CT molecular complexity index is 1310. The smallest absolute Gasteiger partial charge is 0.274 e. The molecule has 2 saturated heterocycles. The third-order valence-corrected chi connectivity index (χ3v) is 7.03. The highest BCUT2D eigenvalue weighted by Crippen LogP contribution is 2.26. The number of rotatable bonds is 2. The van der Waals surface area contributed by atoms with E-state index >= 15 is 0 Å². The largest absolute Gasteiger partial charge is 0.457 e. The fourth-order valence-corrected chi connectivity index (χ4v) is 5.16. The van der Waals surface area contributed by atoms with E-state index in [9.17, 15) is 9.59 Å². The summed E-state index contributed by atoms with van der Waals surface area (Å²) < 4.78 is 12.4. The van der Waals surface area contributed by atoms with Crippen molar-refractivity contribution >= 4 is 17.6 Å². The molecule has 4 heterocycles. The molecule has 9 heteroatoms. The van der Waals surface area contributed by atoms with Gasteiger partial charge in [0.15, 0.2) is 0 Å². The van der Waals surface area contributed by atoms with Gasteiger partial charge in [0.25, 0.3) is 5.91 Å². The van der Waals surface area contributed by atoms with Gasteiger partial charge in [0, 0.05) is 26.2 Å². The second kappa shape index (κ2) is 10.2. The lowest BCUT2D eigenvalue weighted by Gasteiger charge is -2.21. The van der Waals surface area contributed by atoms with Crippen LogP contribution >= 0.6 is 0 Å². The van der Waals surface area contributed by atoms with E-state index < -0.39 is 0 Å². The van der Waals surface area contributed by atoms with E-state index in [0.717, 1.165) is 42.8 Å². The zero-order valence-electron chi connectivity index (χ0n) is 20.5. The van der Waals surface area contributed by atoms with Gasteiger partial charge in [-0.25, -0.2) is 4.98 Å². The SMILES string of the molecule is O=C1Cc2cccc(c2)Oc2cccc(c2)CO[C@H]2CN(c3cncc(C(=O)N4CCCC4)n3)C[C@@H]2N1. The van der Waals surface area contributed by atoms with Crippen LogP contribution in [0.15, 0.2) is 60.9 Å². The first-order valence-electron chi connectivity index (χ1n) is 12.7. The van der Waals surface area contributed by atoms with Crippen molar-refractivity contribution in [2.24, 2.45) is 0 Å². The number of anilines is 1. The molecule has 2 amide bonds. The number of amides is 2. The van der Waals surface area contributed by atoms with E-state index in [1.807, 2.05) is 58.3 Å². The summed E-state index contributed by atoms with van der Waals surface area (Å²) in [5.41, 5.74) is 2.20. The monoisotopic (exact) mass is 499 g/mol.